The fourth-order valence-electron chi connectivity index (χ4n) is 3.31. The van der Waals surface area contributed by atoms with Gasteiger partial charge in [0.25, 0.3) is 0 Å². The second-order valence-corrected chi connectivity index (χ2v) is 5.71. The minimum Gasteiger partial charge on any atom is -0.384 e. The maximum atomic E-state index is 14.2. The van der Waals surface area contributed by atoms with Gasteiger partial charge in [0.2, 0.25) is 0 Å². The molecule has 0 bridgehead atoms. The number of hydrogen-bond acceptors (Lipinski definition) is 3. The van der Waals surface area contributed by atoms with Crippen LogP contribution < -0.4 is 10.6 Å². The van der Waals surface area contributed by atoms with Crippen molar-refractivity contribution in [1.29, 1.82) is 5.41 Å². The summed E-state index contributed by atoms with van der Waals surface area (Å²) in [5, 5.41) is 7.36. The number of amidine groups is 1. The Morgan fingerprint density at radius 2 is 2.10 bits per heavy atom. The molecule has 1 atom stereocenters. The maximum Gasteiger partial charge on any atom is 0.147 e. The van der Waals surface area contributed by atoms with Crippen LogP contribution in [0, 0.1) is 11.2 Å². The average Bonchev–Trinajstić information content (AvgIpc) is 2.46. The Morgan fingerprint density at radius 3 is 2.85 bits per heavy atom. The van der Waals surface area contributed by atoms with Gasteiger partial charge in [-0.05, 0) is 37.6 Å². The molecule has 2 fully saturated rings. The van der Waals surface area contributed by atoms with E-state index in [1.165, 1.54) is 31.9 Å². The molecule has 1 unspecified atom stereocenters. The summed E-state index contributed by atoms with van der Waals surface area (Å²) in [6, 6.07) is 5.41. The Kier molecular flexibility index (Phi) is 3.61. The predicted molar refractivity (Wildman–Crippen MR) is 78.8 cm³/mol. The molecule has 108 valence electrons. The van der Waals surface area contributed by atoms with Gasteiger partial charge >= 0.3 is 0 Å². The largest absolute Gasteiger partial charge is 0.384 e. The second kappa shape index (κ2) is 5.40. The molecular weight excluding hydrogens is 255 g/mol. The number of nitrogen functional groups attached to an aromatic ring is 1. The van der Waals surface area contributed by atoms with Crippen LogP contribution in [-0.4, -0.2) is 43.0 Å². The molecular formula is C15H21FN4. The van der Waals surface area contributed by atoms with E-state index in [1.807, 2.05) is 0 Å². The summed E-state index contributed by atoms with van der Waals surface area (Å²) in [5.41, 5.74) is 6.48. The zero-order chi connectivity index (χ0) is 14.1. The zero-order valence-corrected chi connectivity index (χ0v) is 11.6. The fraction of sp³-hybridized carbons (Fsp3) is 0.533. The van der Waals surface area contributed by atoms with Crippen LogP contribution in [0.2, 0.25) is 0 Å². The van der Waals surface area contributed by atoms with Crippen molar-refractivity contribution in [3.05, 3.63) is 29.6 Å². The number of fused-ring (bicyclic) bond motifs is 1. The van der Waals surface area contributed by atoms with E-state index >= 15 is 0 Å². The Hall–Kier alpha value is -1.62. The van der Waals surface area contributed by atoms with E-state index in [-0.39, 0.29) is 11.7 Å². The quantitative estimate of drug-likeness (QED) is 0.639. The summed E-state index contributed by atoms with van der Waals surface area (Å²) < 4.78 is 14.2. The summed E-state index contributed by atoms with van der Waals surface area (Å²) in [7, 11) is 0. The molecule has 3 N–H and O–H groups in total. The minimum absolute atomic E-state index is 0.0902. The first-order valence-electron chi connectivity index (χ1n) is 7.28. The summed E-state index contributed by atoms with van der Waals surface area (Å²) >= 11 is 0. The van der Waals surface area contributed by atoms with Gasteiger partial charge in [-0.3, -0.25) is 10.3 Å². The lowest BCUT2D eigenvalue weighted by Crippen LogP contribution is -2.55. The highest BCUT2D eigenvalue weighted by Gasteiger charge is 2.29. The Bertz CT molecular complexity index is 517. The first kappa shape index (κ1) is 13.4. The van der Waals surface area contributed by atoms with Gasteiger partial charge in [0.15, 0.2) is 0 Å². The number of rotatable bonds is 2. The summed E-state index contributed by atoms with van der Waals surface area (Å²) in [5.74, 6) is -0.366. The lowest BCUT2D eigenvalue weighted by molar-refractivity contribution is 0.133. The van der Waals surface area contributed by atoms with E-state index in [2.05, 4.69) is 9.80 Å². The van der Waals surface area contributed by atoms with Crippen molar-refractivity contribution in [1.82, 2.24) is 4.90 Å². The van der Waals surface area contributed by atoms with Crippen molar-refractivity contribution < 1.29 is 4.39 Å². The number of benzene rings is 1. The van der Waals surface area contributed by atoms with Crippen LogP contribution in [0.5, 0.6) is 0 Å². The van der Waals surface area contributed by atoms with Crippen LogP contribution >= 0.6 is 0 Å². The van der Waals surface area contributed by atoms with Crippen LogP contribution in [0.1, 0.15) is 24.8 Å². The summed E-state index contributed by atoms with van der Waals surface area (Å²) in [6.45, 7) is 3.96. The maximum absolute atomic E-state index is 14.2. The lowest BCUT2D eigenvalue weighted by atomic mass is 9.99. The van der Waals surface area contributed by atoms with Crippen LogP contribution in [-0.2, 0) is 0 Å². The van der Waals surface area contributed by atoms with Crippen molar-refractivity contribution in [3.63, 3.8) is 0 Å². The van der Waals surface area contributed by atoms with E-state index < -0.39 is 0 Å². The molecule has 0 spiro atoms. The predicted octanol–water partition coefficient (Wildman–Crippen LogP) is 1.78. The average molecular weight is 276 g/mol. The third-order valence-corrected chi connectivity index (χ3v) is 4.44. The standard InChI is InChI=1S/C15H21FN4/c16-13-9-11(15(17)18)4-5-14(13)20-8-7-19-6-2-1-3-12(19)10-20/h4-5,9,12H,1-3,6-8,10H2,(H3,17,18). The Morgan fingerprint density at radius 1 is 1.25 bits per heavy atom. The molecule has 1 aromatic carbocycles. The molecule has 20 heavy (non-hydrogen) atoms. The molecule has 0 saturated carbocycles. The van der Waals surface area contributed by atoms with Gasteiger partial charge in [0, 0.05) is 31.2 Å². The van der Waals surface area contributed by atoms with Gasteiger partial charge in [-0.15, -0.1) is 0 Å². The van der Waals surface area contributed by atoms with Crippen molar-refractivity contribution in [3.8, 4) is 0 Å². The minimum atomic E-state index is -0.276. The van der Waals surface area contributed by atoms with E-state index in [1.54, 1.807) is 12.1 Å². The second-order valence-electron chi connectivity index (χ2n) is 5.71. The van der Waals surface area contributed by atoms with Gasteiger partial charge in [-0.2, -0.15) is 0 Å². The van der Waals surface area contributed by atoms with Crippen LogP contribution in [0.3, 0.4) is 0 Å². The number of nitrogens with one attached hydrogen (secondary N) is 1. The zero-order valence-electron chi connectivity index (χ0n) is 11.6. The van der Waals surface area contributed by atoms with Gasteiger partial charge in [0.05, 0.1) is 5.69 Å². The van der Waals surface area contributed by atoms with Gasteiger partial charge in [0.1, 0.15) is 11.7 Å². The van der Waals surface area contributed by atoms with Gasteiger partial charge in [-0.1, -0.05) is 6.42 Å². The lowest BCUT2D eigenvalue weighted by Gasteiger charge is -2.45. The van der Waals surface area contributed by atoms with E-state index in [4.69, 9.17) is 11.1 Å². The molecule has 0 aromatic heterocycles. The molecule has 1 aromatic rings. The molecule has 4 nitrogen and oxygen atoms in total. The van der Waals surface area contributed by atoms with Crippen LogP contribution in [0.25, 0.3) is 0 Å². The van der Waals surface area contributed by atoms with Crippen molar-refractivity contribution in [2.45, 2.75) is 25.3 Å². The SMILES string of the molecule is N=C(N)c1ccc(N2CCN3CCCCC3C2)c(F)c1. The van der Waals surface area contributed by atoms with Crippen molar-refractivity contribution in [2.24, 2.45) is 5.73 Å². The topological polar surface area (TPSA) is 56.4 Å². The molecule has 5 heteroatoms. The molecule has 2 aliphatic heterocycles. The van der Waals surface area contributed by atoms with E-state index in [0.717, 1.165) is 19.6 Å². The van der Waals surface area contributed by atoms with E-state index in [0.29, 0.717) is 17.3 Å². The number of nitrogens with two attached hydrogens (primary N) is 1. The third-order valence-electron chi connectivity index (χ3n) is 4.44. The molecule has 3 rings (SSSR count). The number of hydrogen-bond donors (Lipinski definition) is 2. The third kappa shape index (κ3) is 2.50. The highest BCUT2D eigenvalue weighted by atomic mass is 19.1. The van der Waals surface area contributed by atoms with Gasteiger partial charge in [-0.25, -0.2) is 4.39 Å². The first-order chi connectivity index (χ1) is 9.65. The Balaban J connectivity index is 1.78. The van der Waals surface area contributed by atoms with Crippen LogP contribution in [0.15, 0.2) is 18.2 Å². The molecule has 2 heterocycles. The highest BCUT2D eigenvalue weighted by Crippen LogP contribution is 2.27. The normalized spacial score (nSPS) is 23.4. The molecule has 0 aliphatic carbocycles. The first-order valence-corrected chi connectivity index (χ1v) is 7.28. The van der Waals surface area contributed by atoms with Crippen molar-refractivity contribution in [2.75, 3.05) is 31.1 Å². The van der Waals surface area contributed by atoms with Gasteiger partial charge < -0.3 is 10.6 Å². The number of nitrogens with zero attached hydrogens (tertiary/aromatic N) is 2. The summed E-state index contributed by atoms with van der Waals surface area (Å²) in [4.78, 5) is 4.66. The number of piperidine rings is 1. The van der Waals surface area contributed by atoms with Crippen molar-refractivity contribution >= 4 is 11.5 Å². The smallest absolute Gasteiger partial charge is 0.147 e. The molecule has 2 aliphatic rings. The highest BCUT2D eigenvalue weighted by molar-refractivity contribution is 5.95. The Labute approximate surface area is 118 Å². The molecule has 0 radical (unpaired) electrons. The fourth-order valence-corrected chi connectivity index (χ4v) is 3.31. The van der Waals surface area contributed by atoms with Crippen LogP contribution in [0.4, 0.5) is 10.1 Å². The monoisotopic (exact) mass is 276 g/mol. The van der Waals surface area contributed by atoms with E-state index in [9.17, 15) is 4.39 Å². The number of piperazine rings is 1. The summed E-state index contributed by atoms with van der Waals surface area (Å²) in [6.07, 6.45) is 3.78. The molecule has 2 saturated heterocycles. The molecule has 0 amide bonds. The number of halogens is 1. The number of anilines is 1.